The molecular weight excluding hydrogens is 360 g/mol. The second-order valence-electron chi connectivity index (χ2n) is 6.24. The van der Waals surface area contributed by atoms with Crippen LogP contribution in [0.4, 0.5) is 0 Å². The standard InChI is InChI=1S/C20H20N4O2S/c1-3-24-18-17(14(2)22-24)21-20(27-13-15-8-5-4-6-9-15)23(19(18)25)12-16-10-7-11-26-16/h4-11H,3,12-13H2,1-2H3. The average molecular weight is 380 g/mol. The van der Waals surface area contributed by atoms with Crippen LogP contribution >= 0.6 is 11.8 Å². The maximum atomic E-state index is 13.3. The summed E-state index contributed by atoms with van der Waals surface area (Å²) < 4.78 is 8.87. The van der Waals surface area contributed by atoms with Crippen LogP contribution in [0.25, 0.3) is 11.0 Å². The molecule has 7 heteroatoms. The van der Waals surface area contributed by atoms with Crippen molar-refractivity contribution < 1.29 is 4.42 Å². The zero-order valence-corrected chi connectivity index (χ0v) is 16.1. The number of furan rings is 1. The van der Waals surface area contributed by atoms with E-state index in [1.807, 2.05) is 44.2 Å². The molecule has 0 aliphatic heterocycles. The summed E-state index contributed by atoms with van der Waals surface area (Å²) in [7, 11) is 0. The number of nitrogens with zero attached hydrogens (tertiary/aromatic N) is 4. The lowest BCUT2D eigenvalue weighted by Crippen LogP contribution is -2.25. The first-order valence-electron chi connectivity index (χ1n) is 8.84. The Morgan fingerprint density at radius 2 is 1.96 bits per heavy atom. The molecule has 6 nitrogen and oxygen atoms in total. The van der Waals surface area contributed by atoms with E-state index in [-0.39, 0.29) is 5.56 Å². The number of aromatic nitrogens is 4. The molecule has 138 valence electrons. The molecule has 0 fully saturated rings. The van der Waals surface area contributed by atoms with E-state index in [0.29, 0.717) is 29.3 Å². The lowest BCUT2D eigenvalue weighted by Gasteiger charge is -2.11. The van der Waals surface area contributed by atoms with Crippen molar-refractivity contribution in [2.75, 3.05) is 0 Å². The molecule has 4 rings (SSSR count). The molecule has 0 saturated heterocycles. The average Bonchev–Trinajstić information content (AvgIpc) is 3.31. The number of rotatable bonds is 6. The molecule has 0 atom stereocenters. The molecule has 27 heavy (non-hydrogen) atoms. The summed E-state index contributed by atoms with van der Waals surface area (Å²) in [6, 6.07) is 13.8. The maximum absolute atomic E-state index is 13.3. The zero-order valence-electron chi connectivity index (χ0n) is 15.3. The highest BCUT2D eigenvalue weighted by Gasteiger charge is 2.19. The van der Waals surface area contributed by atoms with Crippen LogP contribution in [0.1, 0.15) is 23.9 Å². The molecule has 3 heterocycles. The van der Waals surface area contributed by atoms with Crippen molar-refractivity contribution in [2.24, 2.45) is 0 Å². The van der Waals surface area contributed by atoms with Gasteiger partial charge in [-0.2, -0.15) is 5.10 Å². The molecule has 0 amide bonds. The van der Waals surface area contributed by atoms with Gasteiger partial charge < -0.3 is 4.42 Å². The SMILES string of the molecule is CCn1nc(C)c2nc(SCc3ccccc3)n(Cc3ccco3)c(=O)c21. The summed E-state index contributed by atoms with van der Waals surface area (Å²) in [6.07, 6.45) is 1.61. The molecule has 0 spiro atoms. The maximum Gasteiger partial charge on any atom is 0.280 e. The fourth-order valence-corrected chi connectivity index (χ4v) is 3.99. The van der Waals surface area contributed by atoms with Gasteiger partial charge in [-0.1, -0.05) is 42.1 Å². The largest absolute Gasteiger partial charge is 0.467 e. The third kappa shape index (κ3) is 3.42. The summed E-state index contributed by atoms with van der Waals surface area (Å²) in [5, 5.41) is 5.15. The Bertz CT molecular complexity index is 1110. The van der Waals surface area contributed by atoms with E-state index in [1.165, 1.54) is 5.56 Å². The van der Waals surface area contributed by atoms with E-state index in [0.717, 1.165) is 17.2 Å². The number of benzene rings is 1. The first-order valence-corrected chi connectivity index (χ1v) is 9.83. The van der Waals surface area contributed by atoms with Crippen molar-refractivity contribution in [1.82, 2.24) is 19.3 Å². The van der Waals surface area contributed by atoms with Crippen LogP contribution < -0.4 is 5.56 Å². The van der Waals surface area contributed by atoms with E-state index in [2.05, 4.69) is 17.2 Å². The minimum Gasteiger partial charge on any atom is -0.467 e. The fraction of sp³-hybridized carbons (Fsp3) is 0.250. The Morgan fingerprint density at radius 3 is 2.67 bits per heavy atom. The Morgan fingerprint density at radius 1 is 1.15 bits per heavy atom. The number of hydrogen-bond donors (Lipinski definition) is 0. The summed E-state index contributed by atoms with van der Waals surface area (Å²) in [5.41, 5.74) is 3.09. The highest BCUT2D eigenvalue weighted by atomic mass is 32.2. The van der Waals surface area contributed by atoms with Crippen LogP contribution in [-0.2, 0) is 18.8 Å². The van der Waals surface area contributed by atoms with Crippen LogP contribution in [0.3, 0.4) is 0 Å². The third-order valence-electron chi connectivity index (χ3n) is 4.39. The van der Waals surface area contributed by atoms with Gasteiger partial charge in [-0.25, -0.2) is 4.98 Å². The van der Waals surface area contributed by atoms with Gasteiger partial charge in [0.2, 0.25) is 0 Å². The van der Waals surface area contributed by atoms with Gasteiger partial charge in [0.1, 0.15) is 11.3 Å². The van der Waals surface area contributed by atoms with E-state index >= 15 is 0 Å². The quantitative estimate of drug-likeness (QED) is 0.375. The smallest absolute Gasteiger partial charge is 0.280 e. The van der Waals surface area contributed by atoms with Crippen molar-refractivity contribution >= 4 is 22.8 Å². The number of hydrogen-bond acceptors (Lipinski definition) is 5. The van der Waals surface area contributed by atoms with Crippen LogP contribution in [0.15, 0.2) is 63.1 Å². The number of fused-ring (bicyclic) bond motifs is 1. The minimum absolute atomic E-state index is 0.0885. The molecule has 0 unspecified atom stereocenters. The Labute approximate surface area is 160 Å². The molecule has 0 aliphatic carbocycles. The predicted molar refractivity (Wildman–Crippen MR) is 106 cm³/mol. The molecule has 0 bridgehead atoms. The van der Waals surface area contributed by atoms with Crippen molar-refractivity contribution in [3.05, 3.63) is 76.1 Å². The first kappa shape index (κ1) is 17.6. The second kappa shape index (κ2) is 7.44. The lowest BCUT2D eigenvalue weighted by molar-refractivity contribution is 0.476. The fourth-order valence-electron chi connectivity index (χ4n) is 3.05. The molecule has 0 radical (unpaired) electrons. The zero-order chi connectivity index (χ0) is 18.8. The predicted octanol–water partition coefficient (Wildman–Crippen LogP) is 3.85. The van der Waals surface area contributed by atoms with Gasteiger partial charge in [-0.15, -0.1) is 0 Å². The van der Waals surface area contributed by atoms with Crippen molar-refractivity contribution in [3.8, 4) is 0 Å². The van der Waals surface area contributed by atoms with Gasteiger partial charge in [0.05, 0.1) is 18.5 Å². The van der Waals surface area contributed by atoms with Crippen LogP contribution in [0.5, 0.6) is 0 Å². The number of aryl methyl sites for hydroxylation is 2. The van der Waals surface area contributed by atoms with Gasteiger partial charge in [-0.3, -0.25) is 14.0 Å². The van der Waals surface area contributed by atoms with E-state index < -0.39 is 0 Å². The van der Waals surface area contributed by atoms with Gasteiger partial charge >= 0.3 is 0 Å². The molecule has 0 saturated carbocycles. The topological polar surface area (TPSA) is 65.8 Å². The lowest BCUT2D eigenvalue weighted by atomic mass is 10.2. The Balaban J connectivity index is 1.81. The van der Waals surface area contributed by atoms with Gasteiger partial charge in [0, 0.05) is 12.3 Å². The Hall–Kier alpha value is -2.80. The first-order chi connectivity index (χ1) is 13.2. The summed E-state index contributed by atoms with van der Waals surface area (Å²) in [5.74, 6) is 1.46. The second-order valence-corrected chi connectivity index (χ2v) is 7.18. The molecule has 0 N–H and O–H groups in total. The summed E-state index contributed by atoms with van der Waals surface area (Å²) in [4.78, 5) is 18.1. The number of thioether (sulfide) groups is 1. The highest BCUT2D eigenvalue weighted by molar-refractivity contribution is 7.98. The third-order valence-corrected chi connectivity index (χ3v) is 5.43. The van der Waals surface area contributed by atoms with Gasteiger partial charge in [0.15, 0.2) is 10.7 Å². The molecule has 4 aromatic rings. The highest BCUT2D eigenvalue weighted by Crippen LogP contribution is 2.24. The van der Waals surface area contributed by atoms with Crippen LogP contribution in [0.2, 0.25) is 0 Å². The summed E-state index contributed by atoms with van der Waals surface area (Å²) >= 11 is 1.55. The monoisotopic (exact) mass is 380 g/mol. The summed E-state index contributed by atoms with van der Waals surface area (Å²) in [6.45, 7) is 4.84. The van der Waals surface area contributed by atoms with Crippen molar-refractivity contribution in [1.29, 1.82) is 0 Å². The van der Waals surface area contributed by atoms with E-state index in [1.54, 1.807) is 27.3 Å². The molecule has 1 aromatic carbocycles. The van der Waals surface area contributed by atoms with Gasteiger partial charge in [-0.05, 0) is 31.5 Å². The van der Waals surface area contributed by atoms with Crippen molar-refractivity contribution in [3.63, 3.8) is 0 Å². The van der Waals surface area contributed by atoms with Gasteiger partial charge in [0.25, 0.3) is 5.56 Å². The molecule has 3 aromatic heterocycles. The van der Waals surface area contributed by atoms with Crippen LogP contribution in [-0.4, -0.2) is 19.3 Å². The van der Waals surface area contributed by atoms with Crippen LogP contribution in [0, 0.1) is 6.92 Å². The van der Waals surface area contributed by atoms with E-state index in [4.69, 9.17) is 9.40 Å². The van der Waals surface area contributed by atoms with Crippen molar-refractivity contribution in [2.45, 2.75) is 37.8 Å². The Kier molecular flexibility index (Phi) is 4.85. The minimum atomic E-state index is -0.0885. The molecular formula is C20H20N4O2S. The van der Waals surface area contributed by atoms with E-state index in [9.17, 15) is 4.79 Å². The molecule has 0 aliphatic rings. The normalized spacial score (nSPS) is 11.3.